The first-order valence-electron chi connectivity index (χ1n) is 10.6. The molecule has 166 valence electrons. The van der Waals surface area contributed by atoms with Gasteiger partial charge in [-0.25, -0.2) is 0 Å². The van der Waals surface area contributed by atoms with Crippen LogP contribution in [0.1, 0.15) is 81.1 Å². The lowest BCUT2D eigenvalue weighted by Gasteiger charge is -2.33. The van der Waals surface area contributed by atoms with Crippen molar-refractivity contribution in [1.29, 1.82) is 0 Å². The normalized spacial score (nSPS) is 18.6. The smallest absolute Gasteiger partial charge is 0.222 e. The van der Waals surface area contributed by atoms with Gasteiger partial charge in [0.25, 0.3) is 0 Å². The number of hydrogen-bond donors (Lipinski definition) is 3. The lowest BCUT2D eigenvalue weighted by atomic mass is 9.77. The minimum absolute atomic E-state index is 0.0278. The number of nitrogens with one attached hydrogen (secondary N) is 2. The summed E-state index contributed by atoms with van der Waals surface area (Å²) < 4.78 is 5.82. The molecule has 0 rings (SSSR count). The molecule has 5 unspecified atom stereocenters. The van der Waals surface area contributed by atoms with E-state index in [2.05, 4.69) is 24.5 Å². The second-order valence-electron chi connectivity index (χ2n) is 9.26. The fraction of sp³-hybridized carbons (Fsp3) is 0.909. The van der Waals surface area contributed by atoms with Crippen LogP contribution in [0.4, 0.5) is 0 Å². The van der Waals surface area contributed by atoms with Crippen LogP contribution in [0, 0.1) is 11.3 Å². The van der Waals surface area contributed by atoms with E-state index in [-0.39, 0.29) is 35.7 Å². The van der Waals surface area contributed by atoms with E-state index >= 15 is 0 Å². The van der Waals surface area contributed by atoms with E-state index in [9.17, 15) is 14.7 Å². The van der Waals surface area contributed by atoms with E-state index in [0.29, 0.717) is 13.0 Å². The molecule has 0 aliphatic carbocycles. The molecule has 0 spiro atoms. The van der Waals surface area contributed by atoms with Crippen molar-refractivity contribution in [2.24, 2.45) is 11.3 Å². The Morgan fingerprint density at radius 3 is 2.14 bits per heavy atom. The largest absolute Gasteiger partial charge is 0.391 e. The summed E-state index contributed by atoms with van der Waals surface area (Å²) in [7, 11) is 1.95. The number of ether oxygens (including phenoxy) is 1. The van der Waals surface area contributed by atoms with Crippen LogP contribution in [0.5, 0.6) is 0 Å². The molecule has 0 saturated carbocycles. The van der Waals surface area contributed by atoms with Gasteiger partial charge in [0.2, 0.25) is 5.91 Å². The Balaban J connectivity index is 4.63. The first-order valence-corrected chi connectivity index (χ1v) is 10.6. The van der Waals surface area contributed by atoms with Gasteiger partial charge in [0.15, 0.2) is 0 Å². The third kappa shape index (κ3) is 9.48. The van der Waals surface area contributed by atoms with Gasteiger partial charge in [0.1, 0.15) is 5.78 Å². The molecule has 0 radical (unpaired) electrons. The van der Waals surface area contributed by atoms with Gasteiger partial charge in [-0.1, -0.05) is 27.7 Å². The van der Waals surface area contributed by atoms with Crippen molar-refractivity contribution in [3.8, 4) is 0 Å². The second-order valence-corrected chi connectivity index (χ2v) is 9.26. The van der Waals surface area contributed by atoms with Gasteiger partial charge >= 0.3 is 0 Å². The average Bonchev–Trinajstić information content (AvgIpc) is 2.58. The molecule has 3 N–H and O–H groups in total. The lowest BCUT2D eigenvalue weighted by Crippen LogP contribution is -2.48. The minimum Gasteiger partial charge on any atom is -0.391 e. The minimum atomic E-state index is -0.696. The van der Waals surface area contributed by atoms with Gasteiger partial charge in [-0.2, -0.15) is 0 Å². The van der Waals surface area contributed by atoms with Crippen LogP contribution in [0.15, 0.2) is 0 Å². The Bertz CT molecular complexity index is 487. The molecule has 0 aliphatic rings. The molecule has 0 aromatic carbocycles. The highest BCUT2D eigenvalue weighted by Crippen LogP contribution is 2.29. The number of ketones is 1. The number of rotatable bonds is 14. The van der Waals surface area contributed by atoms with Gasteiger partial charge in [-0.15, -0.1) is 0 Å². The molecule has 6 nitrogen and oxygen atoms in total. The maximum Gasteiger partial charge on any atom is 0.222 e. The zero-order valence-corrected chi connectivity index (χ0v) is 19.5. The molecule has 0 aliphatic heterocycles. The Kier molecular flexibility index (Phi) is 11.5. The molecule has 0 fully saturated rings. The molecule has 0 heterocycles. The molecule has 1 amide bonds. The topological polar surface area (TPSA) is 87.7 Å². The zero-order valence-electron chi connectivity index (χ0n) is 19.5. The Morgan fingerprint density at radius 1 is 1.14 bits per heavy atom. The standard InChI is InChI=1S/C22H44N2O4/c1-10-22(8,23-9)11-12-28-16(3)13-19(27)24-20(17(4)25)15(2)14-21(6,7)18(5)26/h15-17,20,23,25H,10-14H2,1-9H3,(H,24,27). The molecule has 0 aromatic heterocycles. The highest BCUT2D eigenvalue weighted by atomic mass is 16.5. The van der Waals surface area contributed by atoms with E-state index in [1.807, 2.05) is 34.7 Å². The number of carbonyl (C=O) groups excluding carboxylic acids is 2. The molecule has 0 saturated heterocycles. The first kappa shape index (κ1) is 27.0. The fourth-order valence-electron chi connectivity index (χ4n) is 3.34. The first-order chi connectivity index (χ1) is 12.8. The average molecular weight is 401 g/mol. The van der Waals surface area contributed by atoms with Crippen LogP contribution in [0.3, 0.4) is 0 Å². The van der Waals surface area contributed by atoms with Crippen LogP contribution >= 0.6 is 0 Å². The maximum atomic E-state index is 12.5. The zero-order chi connectivity index (χ0) is 22.1. The van der Waals surface area contributed by atoms with E-state index in [1.165, 1.54) is 0 Å². The molecule has 0 aromatic rings. The van der Waals surface area contributed by atoms with Crippen molar-refractivity contribution < 1.29 is 19.4 Å². The summed E-state index contributed by atoms with van der Waals surface area (Å²) in [6.07, 6.45) is 1.83. The number of hydrogen-bond acceptors (Lipinski definition) is 5. The molecule has 5 atom stereocenters. The number of Topliss-reactive ketones (excluding diaryl/α,β-unsaturated/α-hetero) is 1. The third-order valence-corrected chi connectivity index (χ3v) is 6.16. The SMILES string of the molecule is CCC(C)(CCOC(C)CC(=O)NC(C(C)O)C(C)CC(C)(C)C(C)=O)NC. The van der Waals surface area contributed by atoms with Crippen molar-refractivity contribution >= 4 is 11.7 Å². The fourth-order valence-corrected chi connectivity index (χ4v) is 3.34. The molecule has 28 heavy (non-hydrogen) atoms. The van der Waals surface area contributed by atoms with Crippen molar-refractivity contribution in [1.82, 2.24) is 10.6 Å². The quantitative estimate of drug-likeness (QED) is 0.417. The summed E-state index contributed by atoms with van der Waals surface area (Å²) in [6.45, 7) is 15.8. The van der Waals surface area contributed by atoms with Crippen LogP contribution in [0.2, 0.25) is 0 Å². The summed E-state index contributed by atoms with van der Waals surface area (Å²) in [4.78, 5) is 24.3. The van der Waals surface area contributed by atoms with E-state index in [4.69, 9.17) is 4.74 Å². The summed E-state index contributed by atoms with van der Waals surface area (Å²) in [5, 5.41) is 16.4. The molecular formula is C22H44N2O4. The van der Waals surface area contributed by atoms with Gasteiger partial charge < -0.3 is 20.5 Å². The van der Waals surface area contributed by atoms with Gasteiger partial charge in [-0.3, -0.25) is 9.59 Å². The van der Waals surface area contributed by atoms with Crippen LogP contribution < -0.4 is 10.6 Å². The summed E-state index contributed by atoms with van der Waals surface area (Å²) in [5.41, 5.74) is -0.439. The van der Waals surface area contributed by atoms with E-state index in [1.54, 1.807) is 13.8 Å². The third-order valence-electron chi connectivity index (χ3n) is 6.16. The van der Waals surface area contributed by atoms with E-state index in [0.717, 1.165) is 12.8 Å². The number of carbonyl (C=O) groups is 2. The Morgan fingerprint density at radius 2 is 1.71 bits per heavy atom. The van der Waals surface area contributed by atoms with Crippen molar-refractivity contribution in [3.05, 3.63) is 0 Å². The lowest BCUT2D eigenvalue weighted by molar-refractivity contribution is -0.126. The highest BCUT2D eigenvalue weighted by Gasteiger charge is 2.32. The summed E-state index contributed by atoms with van der Waals surface area (Å²) in [5.74, 6) is -0.0598. The van der Waals surface area contributed by atoms with Gasteiger partial charge in [0, 0.05) is 17.6 Å². The summed E-state index contributed by atoms with van der Waals surface area (Å²) >= 11 is 0. The van der Waals surface area contributed by atoms with Crippen LogP contribution in [-0.2, 0) is 14.3 Å². The van der Waals surface area contributed by atoms with Gasteiger partial charge in [0.05, 0.1) is 24.7 Å². The molecule has 0 bridgehead atoms. The van der Waals surface area contributed by atoms with Crippen LogP contribution in [-0.4, -0.2) is 54.2 Å². The predicted octanol–water partition coefficient (Wildman–Crippen LogP) is 3.07. The van der Waals surface area contributed by atoms with E-state index < -0.39 is 17.6 Å². The van der Waals surface area contributed by atoms with Crippen LogP contribution in [0.25, 0.3) is 0 Å². The van der Waals surface area contributed by atoms with Crippen molar-refractivity contribution in [3.63, 3.8) is 0 Å². The van der Waals surface area contributed by atoms with Gasteiger partial charge in [-0.05, 0) is 59.9 Å². The van der Waals surface area contributed by atoms with Crippen molar-refractivity contribution in [2.45, 2.75) is 105 Å². The Labute approximate surface area is 172 Å². The number of aliphatic hydroxyl groups excluding tert-OH is 1. The Hall–Kier alpha value is -0.980. The van der Waals surface area contributed by atoms with Crippen molar-refractivity contribution in [2.75, 3.05) is 13.7 Å². The molecular weight excluding hydrogens is 356 g/mol. The maximum absolute atomic E-state index is 12.5. The number of aliphatic hydroxyl groups is 1. The molecule has 6 heteroatoms. The predicted molar refractivity (Wildman–Crippen MR) is 114 cm³/mol. The number of amides is 1. The second kappa shape index (κ2) is 11.9. The monoisotopic (exact) mass is 400 g/mol. The highest BCUT2D eigenvalue weighted by molar-refractivity contribution is 5.81. The summed E-state index contributed by atoms with van der Waals surface area (Å²) in [6, 6.07) is -0.397.